The lowest BCUT2D eigenvalue weighted by molar-refractivity contribution is -0.0328. The lowest BCUT2D eigenvalue weighted by Gasteiger charge is -2.19. The number of rotatable bonds is 5. The van der Waals surface area contributed by atoms with Crippen molar-refractivity contribution in [1.29, 1.82) is 0 Å². The fourth-order valence-electron chi connectivity index (χ4n) is 3.54. The predicted molar refractivity (Wildman–Crippen MR) is 119 cm³/mol. The van der Waals surface area contributed by atoms with Crippen LogP contribution >= 0.6 is 11.8 Å². The monoisotopic (exact) mass is 460 g/mol. The van der Waals surface area contributed by atoms with Crippen molar-refractivity contribution in [3.05, 3.63) is 77.0 Å². The van der Waals surface area contributed by atoms with Crippen molar-refractivity contribution in [2.45, 2.75) is 16.9 Å². The summed E-state index contributed by atoms with van der Waals surface area (Å²) in [4.78, 5) is 19.4. The van der Waals surface area contributed by atoms with E-state index >= 15 is 0 Å². The Morgan fingerprint density at radius 1 is 1.09 bits per heavy atom. The van der Waals surface area contributed by atoms with Crippen LogP contribution in [0.25, 0.3) is 16.6 Å². The van der Waals surface area contributed by atoms with Crippen LogP contribution in [0, 0.1) is 0 Å². The van der Waals surface area contributed by atoms with Crippen molar-refractivity contribution in [1.82, 2.24) is 14.1 Å². The van der Waals surface area contributed by atoms with Gasteiger partial charge in [-0.25, -0.2) is 9.36 Å². The molecule has 0 spiro atoms. The Morgan fingerprint density at radius 3 is 2.44 bits per heavy atom. The molecule has 0 saturated heterocycles. The van der Waals surface area contributed by atoms with E-state index < -0.39 is 11.2 Å². The number of aromatic nitrogens is 3. The summed E-state index contributed by atoms with van der Waals surface area (Å²) < 4.78 is 40.1. The van der Waals surface area contributed by atoms with Crippen molar-refractivity contribution in [2.24, 2.45) is 0 Å². The van der Waals surface area contributed by atoms with Crippen molar-refractivity contribution in [3.63, 3.8) is 0 Å². The quantitative estimate of drug-likeness (QED) is 0.441. The Kier molecular flexibility index (Phi) is 5.64. The Morgan fingerprint density at radius 2 is 1.78 bits per heavy atom. The molecule has 0 saturated carbocycles. The third-order valence-corrected chi connectivity index (χ3v) is 5.68. The highest BCUT2D eigenvalue weighted by Crippen LogP contribution is 2.37. The molecular formula is C22H19F3N4O2S. The second-order valence-corrected chi connectivity index (χ2v) is 8.45. The Bertz CT molecular complexity index is 1330. The summed E-state index contributed by atoms with van der Waals surface area (Å²) in [5.41, 5.74) is -2.17. The minimum Gasteiger partial charge on any atom is -0.493 e. The Hall–Kier alpha value is -3.40. The van der Waals surface area contributed by atoms with Gasteiger partial charge in [0.1, 0.15) is 0 Å². The molecule has 0 aliphatic rings. The Balaban J connectivity index is 1.74. The Labute approximate surface area is 185 Å². The lowest BCUT2D eigenvalue weighted by Crippen LogP contribution is -2.24. The van der Waals surface area contributed by atoms with Gasteiger partial charge >= 0.3 is 11.2 Å². The molecule has 0 radical (unpaired) electrons. The zero-order valence-corrected chi connectivity index (χ0v) is 18.0. The van der Waals surface area contributed by atoms with Crippen molar-refractivity contribution in [3.8, 4) is 11.6 Å². The molecule has 166 valence electrons. The van der Waals surface area contributed by atoms with Gasteiger partial charge in [-0.3, -0.25) is 9.55 Å². The van der Waals surface area contributed by atoms with Crippen molar-refractivity contribution >= 4 is 28.4 Å². The van der Waals surface area contributed by atoms with E-state index in [2.05, 4.69) is 4.98 Å². The number of imidazole rings is 1. The normalized spacial score (nSPS) is 11.8. The van der Waals surface area contributed by atoms with Gasteiger partial charge in [0, 0.05) is 29.9 Å². The second kappa shape index (κ2) is 8.27. The molecule has 2 heterocycles. The SMILES string of the molecule is CN(C)c1cnc2ccccc2c1Cn1cc(O)n(-c2ccc(SC(F)(F)F)cc2)c1=O. The smallest absolute Gasteiger partial charge is 0.446 e. The first-order chi connectivity index (χ1) is 15.1. The van der Waals surface area contributed by atoms with Gasteiger partial charge in [0.15, 0.2) is 0 Å². The van der Waals surface area contributed by atoms with E-state index in [1.54, 1.807) is 6.20 Å². The summed E-state index contributed by atoms with van der Waals surface area (Å²) in [6, 6.07) is 12.8. The fraction of sp³-hybridized carbons (Fsp3) is 0.182. The molecule has 0 fully saturated rings. The van der Waals surface area contributed by atoms with E-state index in [1.807, 2.05) is 43.3 Å². The molecule has 2 aromatic carbocycles. The molecule has 0 amide bonds. The number of hydrogen-bond acceptors (Lipinski definition) is 5. The van der Waals surface area contributed by atoms with Gasteiger partial charge < -0.3 is 10.0 Å². The molecule has 2 aromatic heterocycles. The molecular weight excluding hydrogens is 441 g/mol. The van der Waals surface area contributed by atoms with Gasteiger partial charge in [0.05, 0.1) is 35.8 Å². The maximum atomic E-state index is 13.1. The molecule has 0 aliphatic carbocycles. The molecule has 0 unspecified atom stereocenters. The van der Waals surface area contributed by atoms with Crippen molar-refractivity contribution in [2.75, 3.05) is 19.0 Å². The van der Waals surface area contributed by atoms with E-state index in [1.165, 1.54) is 35.0 Å². The molecule has 0 aliphatic heterocycles. The summed E-state index contributed by atoms with van der Waals surface area (Å²) >= 11 is -0.240. The molecule has 4 aromatic rings. The molecule has 1 N–H and O–H groups in total. The number of anilines is 1. The molecule has 0 bridgehead atoms. The summed E-state index contributed by atoms with van der Waals surface area (Å²) in [7, 11) is 3.75. The average molecular weight is 460 g/mol. The van der Waals surface area contributed by atoms with Gasteiger partial charge in [-0.2, -0.15) is 13.2 Å². The number of aromatic hydroxyl groups is 1. The van der Waals surface area contributed by atoms with Crippen LogP contribution in [0.5, 0.6) is 5.88 Å². The molecule has 4 rings (SSSR count). The average Bonchev–Trinajstić information content (AvgIpc) is 3.00. The number of para-hydroxylation sites is 1. The van der Waals surface area contributed by atoms with Crippen LogP contribution in [0.1, 0.15) is 5.56 Å². The summed E-state index contributed by atoms with van der Waals surface area (Å²) in [6.07, 6.45) is 3.05. The van der Waals surface area contributed by atoms with E-state index in [0.717, 1.165) is 26.7 Å². The minimum absolute atomic E-state index is 0.00731. The van der Waals surface area contributed by atoms with Crippen LogP contribution in [-0.4, -0.2) is 38.8 Å². The molecule has 10 heteroatoms. The summed E-state index contributed by atoms with van der Waals surface area (Å²) in [5, 5.41) is 11.3. The second-order valence-electron chi connectivity index (χ2n) is 7.31. The topological polar surface area (TPSA) is 63.3 Å². The lowest BCUT2D eigenvalue weighted by atomic mass is 10.1. The predicted octanol–water partition coefficient (Wildman–Crippen LogP) is 4.62. The first-order valence-corrected chi connectivity index (χ1v) is 10.4. The van der Waals surface area contributed by atoms with E-state index in [4.69, 9.17) is 0 Å². The minimum atomic E-state index is -4.40. The number of halogens is 3. The van der Waals surface area contributed by atoms with E-state index in [0.29, 0.717) is 0 Å². The highest BCUT2D eigenvalue weighted by atomic mass is 32.2. The first-order valence-electron chi connectivity index (χ1n) is 9.55. The highest BCUT2D eigenvalue weighted by Gasteiger charge is 2.29. The zero-order valence-electron chi connectivity index (χ0n) is 17.2. The number of benzene rings is 2. The maximum absolute atomic E-state index is 13.1. The van der Waals surface area contributed by atoms with Crippen molar-refractivity contribution < 1.29 is 18.3 Å². The molecule has 0 atom stereocenters. The van der Waals surface area contributed by atoms with Gasteiger partial charge in [-0.1, -0.05) is 18.2 Å². The van der Waals surface area contributed by atoms with Gasteiger partial charge in [0.2, 0.25) is 5.88 Å². The number of pyridine rings is 1. The number of fused-ring (bicyclic) bond motifs is 1. The number of hydrogen-bond donors (Lipinski definition) is 1. The zero-order chi connectivity index (χ0) is 23.0. The number of thioether (sulfide) groups is 1. The standard InChI is InChI=1S/C22H19F3N4O2S/c1-27(2)19-11-26-18-6-4-3-5-16(18)17(19)12-28-13-20(30)29(21(28)31)14-7-9-15(10-8-14)32-22(23,24)25/h3-11,13,30H,12H2,1-2H3. The van der Waals surface area contributed by atoms with Gasteiger partial charge in [-0.05, 0) is 42.1 Å². The van der Waals surface area contributed by atoms with Crippen LogP contribution in [0.3, 0.4) is 0 Å². The molecule has 6 nitrogen and oxygen atoms in total. The first kappa shape index (κ1) is 21.8. The third kappa shape index (κ3) is 4.31. The number of alkyl halides is 3. The molecule has 32 heavy (non-hydrogen) atoms. The summed E-state index contributed by atoms with van der Waals surface area (Å²) in [5.74, 6) is -0.309. The van der Waals surface area contributed by atoms with E-state index in [9.17, 15) is 23.1 Å². The largest absolute Gasteiger partial charge is 0.493 e. The number of nitrogens with zero attached hydrogens (tertiary/aromatic N) is 4. The van der Waals surface area contributed by atoms with Gasteiger partial charge in [0.25, 0.3) is 0 Å². The van der Waals surface area contributed by atoms with Crippen LogP contribution in [0.15, 0.2) is 70.6 Å². The third-order valence-electron chi connectivity index (χ3n) is 4.94. The maximum Gasteiger partial charge on any atom is 0.446 e. The van der Waals surface area contributed by atoms with E-state index in [-0.39, 0.29) is 34.8 Å². The fourth-order valence-corrected chi connectivity index (χ4v) is 4.08. The summed E-state index contributed by atoms with van der Waals surface area (Å²) in [6.45, 7) is 0.179. The highest BCUT2D eigenvalue weighted by molar-refractivity contribution is 8.00. The van der Waals surface area contributed by atoms with Gasteiger partial charge in [-0.15, -0.1) is 0 Å². The van der Waals surface area contributed by atoms with Crippen LogP contribution in [0.4, 0.5) is 18.9 Å². The van der Waals surface area contributed by atoms with Crippen LogP contribution in [0.2, 0.25) is 0 Å². The van der Waals surface area contributed by atoms with Crippen LogP contribution in [-0.2, 0) is 6.54 Å². The van der Waals surface area contributed by atoms with Crippen LogP contribution < -0.4 is 10.6 Å².